The normalized spacial score (nSPS) is 12.2. The maximum Gasteiger partial charge on any atom is 0.327 e. The Hall–Kier alpha value is -0.810. The third-order valence-electron chi connectivity index (χ3n) is 0.973. The van der Waals surface area contributed by atoms with Gasteiger partial charge in [-0.1, -0.05) is 0 Å². The van der Waals surface area contributed by atoms with Crippen LogP contribution in [0, 0.1) is 0 Å². The van der Waals surface area contributed by atoms with Crippen LogP contribution in [0.4, 0.5) is 0 Å². The zero-order valence-electron chi connectivity index (χ0n) is 5.71. The molecule has 0 spiro atoms. The predicted octanol–water partition coefficient (Wildman–Crippen LogP) is -1.25. The van der Waals surface area contributed by atoms with Gasteiger partial charge in [-0.05, 0) is 0 Å². The highest BCUT2D eigenvalue weighted by atomic mass is 35.5. The Morgan fingerprint density at radius 1 is 1.64 bits per heavy atom. The molecule has 1 atom stereocenters. The molecule has 0 aromatic carbocycles. The van der Waals surface area contributed by atoms with Gasteiger partial charge in [0.2, 0.25) is 5.91 Å². The fourth-order valence-electron chi connectivity index (χ4n) is 0.420. The standard InChI is InChI=1S/C5H9ClN2O3/c6-1-3(5(10)11)8-4(9)2-7/h3H,1-2,7H2,(H,8,9)(H,10,11)/t3-/m0/s1. The van der Waals surface area contributed by atoms with E-state index in [0.29, 0.717) is 0 Å². The van der Waals surface area contributed by atoms with E-state index in [9.17, 15) is 9.59 Å². The van der Waals surface area contributed by atoms with Crippen molar-refractivity contribution < 1.29 is 14.7 Å². The molecule has 64 valence electrons. The molecule has 11 heavy (non-hydrogen) atoms. The molecule has 0 radical (unpaired) electrons. The number of halogens is 1. The molecule has 0 fully saturated rings. The number of nitrogens with one attached hydrogen (secondary N) is 1. The van der Waals surface area contributed by atoms with Crippen LogP contribution in [0.15, 0.2) is 0 Å². The van der Waals surface area contributed by atoms with Gasteiger partial charge in [-0.3, -0.25) is 4.79 Å². The minimum atomic E-state index is -1.16. The van der Waals surface area contributed by atoms with Crippen molar-refractivity contribution in [3.8, 4) is 0 Å². The van der Waals surface area contributed by atoms with Crippen molar-refractivity contribution in [2.45, 2.75) is 6.04 Å². The number of carboxylic acids is 1. The molecule has 4 N–H and O–H groups in total. The first-order valence-electron chi connectivity index (χ1n) is 2.90. The molecule has 6 heteroatoms. The van der Waals surface area contributed by atoms with Crippen molar-refractivity contribution in [3.63, 3.8) is 0 Å². The van der Waals surface area contributed by atoms with Gasteiger partial charge in [0, 0.05) is 0 Å². The van der Waals surface area contributed by atoms with Crippen molar-refractivity contribution in [3.05, 3.63) is 0 Å². The second-order valence-corrected chi connectivity index (χ2v) is 2.13. The molecule has 0 saturated carbocycles. The number of hydrogen-bond donors (Lipinski definition) is 3. The number of hydrogen-bond acceptors (Lipinski definition) is 3. The predicted molar refractivity (Wildman–Crippen MR) is 39.3 cm³/mol. The van der Waals surface area contributed by atoms with E-state index in [4.69, 9.17) is 22.4 Å². The van der Waals surface area contributed by atoms with Gasteiger partial charge < -0.3 is 16.2 Å². The van der Waals surface area contributed by atoms with Crippen LogP contribution in [-0.2, 0) is 9.59 Å². The lowest BCUT2D eigenvalue weighted by atomic mass is 10.3. The average molecular weight is 181 g/mol. The molecule has 1 amide bonds. The minimum Gasteiger partial charge on any atom is -0.480 e. The van der Waals surface area contributed by atoms with E-state index in [1.807, 2.05) is 0 Å². The summed E-state index contributed by atoms with van der Waals surface area (Å²) in [5.74, 6) is -1.86. The number of nitrogens with two attached hydrogens (primary N) is 1. The summed E-state index contributed by atoms with van der Waals surface area (Å²) in [6.07, 6.45) is 0. The zero-order chi connectivity index (χ0) is 8.85. The van der Waals surface area contributed by atoms with Gasteiger partial charge in [0.25, 0.3) is 0 Å². The molecule has 5 nitrogen and oxygen atoms in total. The molecule has 0 unspecified atom stereocenters. The monoisotopic (exact) mass is 180 g/mol. The third kappa shape index (κ3) is 3.79. The molecule has 0 aliphatic rings. The van der Waals surface area contributed by atoms with E-state index in [1.54, 1.807) is 0 Å². The van der Waals surface area contributed by atoms with E-state index in [0.717, 1.165) is 0 Å². The summed E-state index contributed by atoms with van der Waals surface area (Å²) in [5.41, 5.74) is 4.93. The highest BCUT2D eigenvalue weighted by Crippen LogP contribution is 1.87. The Morgan fingerprint density at radius 3 is 2.45 bits per heavy atom. The number of carbonyl (C=O) groups is 2. The van der Waals surface area contributed by atoms with Crippen LogP contribution >= 0.6 is 11.6 Å². The number of rotatable bonds is 4. The molecule has 0 aromatic heterocycles. The third-order valence-corrected chi connectivity index (χ3v) is 1.28. The maximum atomic E-state index is 10.5. The topological polar surface area (TPSA) is 92.4 Å². The van der Waals surface area contributed by atoms with Crippen LogP contribution in [-0.4, -0.2) is 35.4 Å². The molecule has 0 aromatic rings. The molecular weight excluding hydrogens is 172 g/mol. The zero-order valence-corrected chi connectivity index (χ0v) is 6.47. The summed E-state index contributed by atoms with van der Waals surface area (Å²) >= 11 is 5.23. The molecular formula is C5H9ClN2O3. The van der Waals surface area contributed by atoms with Crippen molar-refractivity contribution in [1.82, 2.24) is 5.32 Å². The van der Waals surface area contributed by atoms with E-state index >= 15 is 0 Å². The summed E-state index contributed by atoms with van der Waals surface area (Å²) in [6.45, 7) is -0.235. The maximum absolute atomic E-state index is 10.5. The number of alkyl halides is 1. The number of amides is 1. The largest absolute Gasteiger partial charge is 0.480 e. The quantitative estimate of drug-likeness (QED) is 0.472. The Morgan fingerprint density at radius 2 is 2.18 bits per heavy atom. The summed E-state index contributed by atoms with van der Waals surface area (Å²) in [5, 5.41) is 10.5. The van der Waals surface area contributed by atoms with Crippen LogP contribution in [0.2, 0.25) is 0 Å². The highest BCUT2D eigenvalue weighted by molar-refractivity contribution is 6.19. The molecule has 0 bridgehead atoms. The van der Waals surface area contributed by atoms with E-state index in [2.05, 4.69) is 5.32 Å². The smallest absolute Gasteiger partial charge is 0.327 e. The van der Waals surface area contributed by atoms with E-state index < -0.39 is 17.9 Å². The first-order valence-corrected chi connectivity index (χ1v) is 3.43. The van der Waals surface area contributed by atoms with Gasteiger partial charge in [-0.2, -0.15) is 0 Å². The fraction of sp³-hybridized carbons (Fsp3) is 0.600. The molecule has 0 aliphatic carbocycles. The van der Waals surface area contributed by atoms with Gasteiger partial charge in [-0.15, -0.1) is 11.6 Å². The minimum absolute atomic E-state index is 0.166. The lowest BCUT2D eigenvalue weighted by Crippen LogP contribution is -2.44. The molecule has 0 heterocycles. The Bertz CT molecular complexity index is 162. The van der Waals surface area contributed by atoms with Crippen LogP contribution in [0.3, 0.4) is 0 Å². The Balaban J connectivity index is 3.88. The molecule has 0 saturated heterocycles. The lowest BCUT2D eigenvalue weighted by Gasteiger charge is -2.09. The van der Waals surface area contributed by atoms with Gasteiger partial charge in [0.1, 0.15) is 6.04 Å². The fourth-order valence-corrected chi connectivity index (χ4v) is 0.629. The van der Waals surface area contributed by atoms with E-state index in [1.165, 1.54) is 0 Å². The lowest BCUT2D eigenvalue weighted by molar-refractivity contribution is -0.140. The van der Waals surface area contributed by atoms with Crippen molar-refractivity contribution in [2.24, 2.45) is 5.73 Å². The summed E-state index contributed by atoms with van der Waals surface area (Å²) in [6, 6.07) is -1.05. The van der Waals surface area contributed by atoms with Gasteiger partial charge >= 0.3 is 5.97 Å². The highest BCUT2D eigenvalue weighted by Gasteiger charge is 2.17. The Kier molecular flexibility index (Phi) is 4.56. The number of aliphatic carboxylic acids is 1. The van der Waals surface area contributed by atoms with Gasteiger partial charge in [0.15, 0.2) is 0 Å². The van der Waals surface area contributed by atoms with Gasteiger partial charge in [0.05, 0.1) is 12.4 Å². The van der Waals surface area contributed by atoms with Crippen LogP contribution in [0.5, 0.6) is 0 Å². The Labute approximate surface area is 68.5 Å². The first kappa shape index (κ1) is 10.2. The number of carboxylic acid groups (broad SMARTS) is 1. The van der Waals surface area contributed by atoms with Crippen molar-refractivity contribution in [1.29, 1.82) is 0 Å². The number of carbonyl (C=O) groups excluding carboxylic acids is 1. The van der Waals surface area contributed by atoms with Gasteiger partial charge in [-0.25, -0.2) is 4.79 Å². The second-order valence-electron chi connectivity index (χ2n) is 1.82. The molecule has 0 aliphatic heterocycles. The first-order chi connectivity index (χ1) is 5.11. The summed E-state index contributed by atoms with van der Waals surface area (Å²) in [7, 11) is 0. The van der Waals surface area contributed by atoms with Crippen LogP contribution in [0.1, 0.15) is 0 Å². The summed E-state index contributed by atoms with van der Waals surface area (Å²) in [4.78, 5) is 20.8. The van der Waals surface area contributed by atoms with Crippen molar-refractivity contribution in [2.75, 3.05) is 12.4 Å². The average Bonchev–Trinajstić information content (AvgIpc) is 1.99. The SMILES string of the molecule is NCC(=O)N[C@@H](CCl)C(=O)O. The van der Waals surface area contributed by atoms with E-state index in [-0.39, 0.29) is 12.4 Å². The van der Waals surface area contributed by atoms with Crippen molar-refractivity contribution >= 4 is 23.5 Å². The second kappa shape index (κ2) is 4.92. The van der Waals surface area contributed by atoms with Crippen LogP contribution < -0.4 is 11.1 Å². The van der Waals surface area contributed by atoms with Crippen LogP contribution in [0.25, 0.3) is 0 Å². The summed E-state index contributed by atoms with van der Waals surface area (Å²) < 4.78 is 0. The molecule has 0 rings (SSSR count).